The lowest BCUT2D eigenvalue weighted by molar-refractivity contribution is -0.133. The Kier molecular flexibility index (Phi) is 5.21. The van der Waals surface area contributed by atoms with E-state index in [2.05, 4.69) is 28.5 Å². The molecule has 116 valence electrons. The third-order valence-corrected chi connectivity index (χ3v) is 5.20. The van der Waals surface area contributed by atoms with Gasteiger partial charge in [-0.2, -0.15) is 16.9 Å². The van der Waals surface area contributed by atoms with E-state index >= 15 is 0 Å². The van der Waals surface area contributed by atoms with Crippen molar-refractivity contribution in [1.29, 1.82) is 0 Å². The molecule has 2 heterocycles. The summed E-state index contributed by atoms with van der Waals surface area (Å²) in [7, 11) is 1.90. The third-order valence-electron chi connectivity index (χ3n) is 3.13. The lowest BCUT2D eigenvalue weighted by Gasteiger charge is -2.16. The summed E-state index contributed by atoms with van der Waals surface area (Å²) >= 11 is 3.13. The standard InChI is InChI=1S/C13H20N4O2S2/c1-5-20-6-8(2)17-12-11(9(3)15-16(12)4)14-13(17)21-7-10(18)19/h8H,5-7H2,1-4H3,(H,18,19). The molecule has 0 aliphatic rings. The average molecular weight is 328 g/mol. The highest BCUT2D eigenvalue weighted by molar-refractivity contribution is 7.99. The summed E-state index contributed by atoms with van der Waals surface area (Å²) < 4.78 is 3.95. The summed E-state index contributed by atoms with van der Waals surface area (Å²) in [6, 6.07) is 0.242. The summed E-state index contributed by atoms with van der Waals surface area (Å²) in [4.78, 5) is 15.4. The molecule has 0 radical (unpaired) electrons. The number of carbonyl (C=O) groups is 1. The van der Waals surface area contributed by atoms with E-state index in [1.54, 1.807) is 0 Å². The number of aliphatic carboxylic acids is 1. The van der Waals surface area contributed by atoms with Crippen molar-refractivity contribution in [2.24, 2.45) is 7.05 Å². The molecule has 0 aliphatic carbocycles. The zero-order chi connectivity index (χ0) is 15.6. The van der Waals surface area contributed by atoms with Gasteiger partial charge in [-0.05, 0) is 19.6 Å². The Morgan fingerprint density at radius 1 is 1.48 bits per heavy atom. The average Bonchev–Trinajstić information content (AvgIpc) is 2.93. The molecule has 0 aromatic carbocycles. The van der Waals surface area contributed by atoms with E-state index in [0.29, 0.717) is 0 Å². The number of carboxylic acids is 1. The molecule has 0 aliphatic heterocycles. The maximum atomic E-state index is 10.8. The second-order valence-electron chi connectivity index (χ2n) is 4.84. The SMILES string of the molecule is CCSCC(C)n1c(SCC(=O)O)nc2c(C)nn(C)c21. The number of aryl methyl sites for hydroxylation is 2. The Bertz CT molecular complexity index is 650. The van der Waals surface area contributed by atoms with Crippen molar-refractivity contribution in [2.75, 3.05) is 17.3 Å². The number of fused-ring (bicyclic) bond motifs is 1. The first kappa shape index (κ1) is 16.2. The van der Waals surface area contributed by atoms with E-state index in [0.717, 1.165) is 33.5 Å². The Labute approximate surface area is 132 Å². The molecule has 1 atom stereocenters. The van der Waals surface area contributed by atoms with Gasteiger partial charge in [-0.1, -0.05) is 18.7 Å². The second-order valence-corrected chi connectivity index (χ2v) is 7.10. The van der Waals surface area contributed by atoms with Crippen molar-refractivity contribution < 1.29 is 9.90 Å². The van der Waals surface area contributed by atoms with Crippen LogP contribution in [0.3, 0.4) is 0 Å². The van der Waals surface area contributed by atoms with E-state index in [4.69, 9.17) is 5.11 Å². The lowest BCUT2D eigenvalue weighted by Crippen LogP contribution is -2.12. The topological polar surface area (TPSA) is 72.9 Å². The first-order chi connectivity index (χ1) is 9.95. The number of hydrogen-bond acceptors (Lipinski definition) is 5. The van der Waals surface area contributed by atoms with Gasteiger partial charge in [-0.3, -0.25) is 9.48 Å². The van der Waals surface area contributed by atoms with E-state index < -0.39 is 5.97 Å². The van der Waals surface area contributed by atoms with Crippen LogP contribution in [0.25, 0.3) is 11.2 Å². The fraction of sp³-hybridized carbons (Fsp3) is 0.615. The van der Waals surface area contributed by atoms with Crippen LogP contribution in [0.4, 0.5) is 0 Å². The number of carboxylic acid groups (broad SMARTS) is 1. The van der Waals surface area contributed by atoms with Gasteiger partial charge in [0.25, 0.3) is 0 Å². The van der Waals surface area contributed by atoms with Gasteiger partial charge in [0.2, 0.25) is 0 Å². The van der Waals surface area contributed by atoms with Gasteiger partial charge in [0.1, 0.15) is 5.52 Å². The molecule has 8 heteroatoms. The van der Waals surface area contributed by atoms with E-state index in [1.165, 1.54) is 11.8 Å². The molecular weight excluding hydrogens is 308 g/mol. The van der Waals surface area contributed by atoms with Crippen molar-refractivity contribution in [3.8, 4) is 0 Å². The van der Waals surface area contributed by atoms with Crippen LogP contribution in [0.15, 0.2) is 5.16 Å². The summed E-state index contributed by atoms with van der Waals surface area (Å²) in [5.41, 5.74) is 2.70. The predicted octanol–water partition coefficient (Wildman–Crippen LogP) is 2.57. The number of rotatable bonds is 7. The van der Waals surface area contributed by atoms with Crippen LogP contribution in [0.5, 0.6) is 0 Å². The third kappa shape index (κ3) is 3.37. The fourth-order valence-electron chi connectivity index (χ4n) is 2.26. The first-order valence-corrected chi connectivity index (χ1v) is 8.93. The molecule has 1 unspecified atom stereocenters. The number of nitrogens with zero attached hydrogens (tertiary/aromatic N) is 4. The molecule has 0 saturated carbocycles. The second kappa shape index (κ2) is 6.74. The van der Waals surface area contributed by atoms with Gasteiger partial charge in [0, 0.05) is 18.8 Å². The molecule has 2 aromatic rings. The van der Waals surface area contributed by atoms with Crippen LogP contribution < -0.4 is 0 Å². The van der Waals surface area contributed by atoms with Crippen molar-refractivity contribution in [3.05, 3.63) is 5.69 Å². The highest BCUT2D eigenvalue weighted by atomic mass is 32.2. The van der Waals surface area contributed by atoms with E-state index in [-0.39, 0.29) is 11.8 Å². The Morgan fingerprint density at radius 2 is 2.19 bits per heavy atom. The summed E-state index contributed by atoms with van der Waals surface area (Å²) in [5, 5.41) is 14.1. The highest BCUT2D eigenvalue weighted by Crippen LogP contribution is 2.30. The monoisotopic (exact) mass is 328 g/mol. The van der Waals surface area contributed by atoms with Crippen LogP contribution in [0.2, 0.25) is 0 Å². The molecule has 2 aromatic heterocycles. The van der Waals surface area contributed by atoms with Gasteiger partial charge >= 0.3 is 5.97 Å². The number of aromatic nitrogens is 4. The van der Waals surface area contributed by atoms with Crippen molar-refractivity contribution in [1.82, 2.24) is 19.3 Å². The predicted molar refractivity (Wildman–Crippen MR) is 87.3 cm³/mol. The molecular formula is C13H20N4O2S2. The van der Waals surface area contributed by atoms with E-state index in [1.807, 2.05) is 30.4 Å². The quantitative estimate of drug-likeness (QED) is 0.788. The number of thioether (sulfide) groups is 2. The summed E-state index contributed by atoms with van der Waals surface area (Å²) in [6.07, 6.45) is 0. The molecule has 1 N–H and O–H groups in total. The smallest absolute Gasteiger partial charge is 0.313 e. The van der Waals surface area contributed by atoms with Crippen LogP contribution in [-0.4, -0.2) is 47.7 Å². The maximum absolute atomic E-state index is 10.8. The normalized spacial score (nSPS) is 13.0. The minimum atomic E-state index is -0.830. The zero-order valence-electron chi connectivity index (χ0n) is 12.7. The van der Waals surface area contributed by atoms with Crippen LogP contribution in [-0.2, 0) is 11.8 Å². The minimum absolute atomic E-state index is 0.0173. The summed E-state index contributed by atoms with van der Waals surface area (Å²) in [5.74, 6) is 1.21. The molecule has 0 spiro atoms. The van der Waals surface area contributed by atoms with Gasteiger partial charge in [0.15, 0.2) is 10.8 Å². The van der Waals surface area contributed by atoms with Crippen LogP contribution in [0, 0.1) is 6.92 Å². The first-order valence-electron chi connectivity index (χ1n) is 6.79. The van der Waals surface area contributed by atoms with Gasteiger partial charge in [0.05, 0.1) is 11.4 Å². The largest absolute Gasteiger partial charge is 0.481 e. The zero-order valence-corrected chi connectivity index (χ0v) is 14.3. The maximum Gasteiger partial charge on any atom is 0.313 e. The molecule has 0 amide bonds. The molecule has 0 bridgehead atoms. The molecule has 2 rings (SSSR count). The highest BCUT2D eigenvalue weighted by Gasteiger charge is 2.21. The van der Waals surface area contributed by atoms with Gasteiger partial charge in [-0.25, -0.2) is 4.98 Å². The fourth-order valence-corrected chi connectivity index (χ4v) is 3.80. The molecule has 0 saturated heterocycles. The Balaban J connectivity index is 2.45. The summed E-state index contributed by atoms with van der Waals surface area (Å²) in [6.45, 7) is 6.20. The molecule has 6 nitrogen and oxygen atoms in total. The molecule has 21 heavy (non-hydrogen) atoms. The molecule has 0 fully saturated rings. The number of imidazole rings is 1. The van der Waals surface area contributed by atoms with Crippen molar-refractivity contribution >= 4 is 40.7 Å². The van der Waals surface area contributed by atoms with Crippen molar-refractivity contribution in [2.45, 2.75) is 32.0 Å². The number of hydrogen-bond donors (Lipinski definition) is 1. The van der Waals surface area contributed by atoms with Gasteiger partial charge < -0.3 is 9.67 Å². The minimum Gasteiger partial charge on any atom is -0.481 e. The van der Waals surface area contributed by atoms with Gasteiger partial charge in [-0.15, -0.1) is 0 Å². The lowest BCUT2D eigenvalue weighted by atomic mass is 10.4. The van der Waals surface area contributed by atoms with Crippen LogP contribution in [0.1, 0.15) is 25.6 Å². The van der Waals surface area contributed by atoms with Crippen molar-refractivity contribution in [3.63, 3.8) is 0 Å². The van der Waals surface area contributed by atoms with Crippen LogP contribution >= 0.6 is 23.5 Å². The van der Waals surface area contributed by atoms with E-state index in [9.17, 15) is 4.79 Å². The Morgan fingerprint density at radius 3 is 2.81 bits per heavy atom. The Hall–Kier alpha value is -1.15.